The molecule has 4 rings (SSSR count). The van der Waals surface area contributed by atoms with Gasteiger partial charge in [-0.15, -0.1) is 0 Å². The first-order valence-corrected chi connectivity index (χ1v) is 11.2. The van der Waals surface area contributed by atoms with E-state index < -0.39 is 4.92 Å². The fraction of sp³-hybridized carbons (Fsp3) is 0.565. The maximum absolute atomic E-state index is 12.0. The van der Waals surface area contributed by atoms with Crippen molar-refractivity contribution in [3.05, 3.63) is 33.9 Å². The summed E-state index contributed by atoms with van der Waals surface area (Å²) in [5.74, 6) is 0.153. The molecule has 1 aromatic carbocycles. The van der Waals surface area contributed by atoms with Crippen LogP contribution >= 0.6 is 0 Å². The molecule has 2 heterocycles. The number of aliphatic imine (C=N–C) groups is 1. The van der Waals surface area contributed by atoms with Crippen LogP contribution in [0, 0.1) is 16.0 Å². The Hall–Kier alpha value is -2.74. The minimum Gasteiger partial charge on any atom is -0.494 e. The highest BCUT2D eigenvalue weighted by atomic mass is 16.6. The van der Waals surface area contributed by atoms with Gasteiger partial charge in [-0.1, -0.05) is 6.42 Å². The number of carbonyl (C=O) groups is 1. The van der Waals surface area contributed by atoms with Crippen molar-refractivity contribution in [3.63, 3.8) is 0 Å². The minimum absolute atomic E-state index is 0.0823. The zero-order valence-corrected chi connectivity index (χ0v) is 18.0. The molecule has 2 aromatic rings. The molecule has 1 N–H and O–H groups in total. The molecular formula is C23H30N4O4. The lowest BCUT2D eigenvalue weighted by Crippen LogP contribution is -2.35. The van der Waals surface area contributed by atoms with Gasteiger partial charge in [-0.3, -0.25) is 24.5 Å². The largest absolute Gasteiger partial charge is 0.494 e. The third-order valence-electron chi connectivity index (χ3n) is 6.69. The van der Waals surface area contributed by atoms with Crippen molar-refractivity contribution in [2.24, 2.45) is 10.9 Å². The summed E-state index contributed by atoms with van der Waals surface area (Å²) >= 11 is 0. The molecular weight excluding hydrogens is 396 g/mol. The SMILES string of the molecule is CC(=O)n1c(O)c(C=NC2CCC(CN3CCCCC3)CC2)c2cc([N+](=O)[O-])ccc21. The molecule has 1 aromatic heterocycles. The fourth-order valence-corrected chi connectivity index (χ4v) is 5.01. The number of rotatable bonds is 5. The first kappa shape index (κ1) is 21.5. The average Bonchev–Trinajstić information content (AvgIpc) is 3.04. The van der Waals surface area contributed by atoms with Crippen LogP contribution in [0.15, 0.2) is 23.2 Å². The van der Waals surface area contributed by atoms with Gasteiger partial charge in [0.25, 0.3) is 5.69 Å². The van der Waals surface area contributed by atoms with Gasteiger partial charge in [-0.2, -0.15) is 0 Å². The maximum Gasteiger partial charge on any atom is 0.270 e. The molecule has 0 atom stereocenters. The lowest BCUT2D eigenvalue weighted by molar-refractivity contribution is -0.384. The van der Waals surface area contributed by atoms with E-state index in [1.54, 1.807) is 6.21 Å². The summed E-state index contributed by atoms with van der Waals surface area (Å²) in [6.07, 6.45) is 9.87. The molecule has 1 saturated carbocycles. The number of non-ortho nitro benzene ring substituents is 1. The summed E-state index contributed by atoms with van der Waals surface area (Å²) < 4.78 is 1.18. The Balaban J connectivity index is 1.49. The summed E-state index contributed by atoms with van der Waals surface area (Å²) in [5, 5.41) is 22.3. The van der Waals surface area contributed by atoms with Crippen molar-refractivity contribution in [2.75, 3.05) is 19.6 Å². The van der Waals surface area contributed by atoms with Crippen LogP contribution in [0.3, 0.4) is 0 Å². The zero-order chi connectivity index (χ0) is 22.0. The topological polar surface area (TPSA) is 101 Å². The van der Waals surface area contributed by atoms with E-state index >= 15 is 0 Å². The van der Waals surface area contributed by atoms with Crippen LogP contribution in [0.1, 0.15) is 62.2 Å². The van der Waals surface area contributed by atoms with E-state index in [2.05, 4.69) is 4.90 Å². The zero-order valence-electron chi connectivity index (χ0n) is 18.0. The predicted octanol–water partition coefficient (Wildman–Crippen LogP) is 4.38. The normalized spacial score (nSPS) is 22.9. The Morgan fingerprint density at radius 1 is 1.23 bits per heavy atom. The molecule has 8 heteroatoms. The van der Waals surface area contributed by atoms with Crippen molar-refractivity contribution in [3.8, 4) is 5.88 Å². The van der Waals surface area contributed by atoms with E-state index in [4.69, 9.17) is 4.99 Å². The Kier molecular flexibility index (Phi) is 6.36. The van der Waals surface area contributed by atoms with Crippen LogP contribution in [0.2, 0.25) is 0 Å². The number of hydrogen-bond acceptors (Lipinski definition) is 6. The van der Waals surface area contributed by atoms with Crippen LogP contribution in [0.25, 0.3) is 10.9 Å². The summed E-state index contributed by atoms with van der Waals surface area (Å²) in [4.78, 5) is 30.0. The molecule has 8 nitrogen and oxygen atoms in total. The van der Waals surface area contributed by atoms with Gasteiger partial charge in [0.1, 0.15) is 0 Å². The number of fused-ring (bicyclic) bond motifs is 1. The number of piperidine rings is 1. The summed E-state index contributed by atoms with van der Waals surface area (Å²) in [6.45, 7) is 4.99. The van der Waals surface area contributed by atoms with Gasteiger partial charge < -0.3 is 10.0 Å². The second-order valence-electron chi connectivity index (χ2n) is 8.86. The van der Waals surface area contributed by atoms with E-state index in [0.717, 1.165) is 31.6 Å². The highest BCUT2D eigenvalue weighted by Gasteiger charge is 2.24. The third kappa shape index (κ3) is 4.63. The molecule has 2 aliphatic rings. The second kappa shape index (κ2) is 9.18. The number of nitro benzene ring substituents is 1. The van der Waals surface area contributed by atoms with Gasteiger partial charge in [-0.05, 0) is 63.6 Å². The van der Waals surface area contributed by atoms with Crippen LogP contribution in [0.4, 0.5) is 5.69 Å². The van der Waals surface area contributed by atoms with Gasteiger partial charge in [0.2, 0.25) is 11.8 Å². The minimum atomic E-state index is -0.480. The van der Waals surface area contributed by atoms with E-state index in [-0.39, 0.29) is 23.5 Å². The van der Waals surface area contributed by atoms with Crippen molar-refractivity contribution in [1.82, 2.24) is 9.47 Å². The number of nitro groups is 1. The molecule has 2 fully saturated rings. The highest BCUT2D eigenvalue weighted by molar-refractivity contribution is 6.07. The Bertz CT molecular complexity index is 999. The van der Waals surface area contributed by atoms with Crippen molar-refractivity contribution >= 4 is 28.7 Å². The lowest BCUT2D eigenvalue weighted by atomic mass is 9.85. The quantitative estimate of drug-likeness (QED) is 0.434. The highest BCUT2D eigenvalue weighted by Crippen LogP contribution is 2.33. The van der Waals surface area contributed by atoms with Gasteiger partial charge in [0, 0.05) is 43.2 Å². The number of hydrogen-bond donors (Lipinski definition) is 1. The van der Waals surface area contributed by atoms with Gasteiger partial charge in [0.15, 0.2) is 0 Å². The van der Waals surface area contributed by atoms with E-state index in [9.17, 15) is 20.0 Å². The molecule has 1 aliphatic heterocycles. The smallest absolute Gasteiger partial charge is 0.270 e. The van der Waals surface area contributed by atoms with E-state index in [1.807, 2.05) is 0 Å². The number of likely N-dealkylation sites (tertiary alicyclic amines) is 1. The fourth-order valence-electron chi connectivity index (χ4n) is 5.01. The maximum atomic E-state index is 12.0. The number of carbonyl (C=O) groups excluding carboxylic acids is 1. The monoisotopic (exact) mass is 426 g/mol. The van der Waals surface area contributed by atoms with E-state index in [0.29, 0.717) is 16.5 Å². The van der Waals surface area contributed by atoms with Crippen LogP contribution < -0.4 is 0 Å². The molecule has 1 aliphatic carbocycles. The number of nitrogens with zero attached hydrogens (tertiary/aromatic N) is 4. The molecule has 1 saturated heterocycles. The lowest BCUT2D eigenvalue weighted by Gasteiger charge is -2.33. The Morgan fingerprint density at radius 2 is 1.94 bits per heavy atom. The standard InChI is InChI=1S/C23H30N4O4/c1-16(28)26-22-10-9-19(27(30)31)13-20(22)21(23(26)29)14-24-18-7-5-17(6-8-18)15-25-11-3-2-4-12-25/h9-10,13-14,17-18,29H,2-8,11-12,15H2,1H3. The van der Waals surface area contributed by atoms with Crippen LogP contribution in [0.5, 0.6) is 5.88 Å². The van der Waals surface area contributed by atoms with Crippen molar-refractivity contribution in [1.29, 1.82) is 0 Å². The molecule has 0 radical (unpaired) electrons. The average molecular weight is 427 g/mol. The molecule has 0 amide bonds. The predicted molar refractivity (Wildman–Crippen MR) is 120 cm³/mol. The number of benzene rings is 1. The van der Waals surface area contributed by atoms with E-state index in [1.165, 1.54) is 68.6 Å². The van der Waals surface area contributed by atoms with Crippen LogP contribution in [-0.2, 0) is 0 Å². The first-order valence-electron chi connectivity index (χ1n) is 11.2. The molecule has 0 bridgehead atoms. The molecule has 0 unspecified atom stereocenters. The Morgan fingerprint density at radius 3 is 2.58 bits per heavy atom. The first-order chi connectivity index (χ1) is 14.9. The summed E-state index contributed by atoms with van der Waals surface area (Å²) in [5.41, 5.74) is 0.729. The molecule has 31 heavy (non-hydrogen) atoms. The van der Waals surface area contributed by atoms with Crippen LogP contribution in [-0.4, -0.2) is 57.3 Å². The number of aromatic hydroxyl groups is 1. The van der Waals surface area contributed by atoms with Gasteiger partial charge in [0.05, 0.1) is 16.0 Å². The summed E-state index contributed by atoms with van der Waals surface area (Å²) in [6, 6.07) is 4.40. The second-order valence-corrected chi connectivity index (χ2v) is 8.86. The molecule has 0 spiro atoms. The van der Waals surface area contributed by atoms with Crippen molar-refractivity contribution < 1.29 is 14.8 Å². The van der Waals surface area contributed by atoms with Gasteiger partial charge >= 0.3 is 0 Å². The van der Waals surface area contributed by atoms with Gasteiger partial charge in [-0.25, -0.2) is 0 Å². The number of aromatic nitrogens is 1. The van der Waals surface area contributed by atoms with Crippen molar-refractivity contribution in [2.45, 2.75) is 57.9 Å². The summed E-state index contributed by atoms with van der Waals surface area (Å²) in [7, 11) is 0. The Labute approximate surface area is 181 Å². The third-order valence-corrected chi connectivity index (χ3v) is 6.69. The molecule has 166 valence electrons.